The summed E-state index contributed by atoms with van der Waals surface area (Å²) in [4.78, 5) is 46.8. The van der Waals surface area contributed by atoms with Crippen LogP contribution in [0.15, 0.2) is 24.3 Å². The Morgan fingerprint density at radius 1 is 0.788 bits per heavy atom. The second-order valence-corrected chi connectivity index (χ2v) is 7.58. The quantitative estimate of drug-likeness (QED) is 0.395. The van der Waals surface area contributed by atoms with Gasteiger partial charge in [0, 0.05) is 27.7 Å². The van der Waals surface area contributed by atoms with Gasteiger partial charge in [-0.2, -0.15) is 0 Å². The van der Waals surface area contributed by atoms with Gasteiger partial charge in [0.2, 0.25) is 12.4 Å². The summed E-state index contributed by atoms with van der Waals surface area (Å²) in [5.74, 6) is -2.26. The largest absolute Gasteiger partial charge is 0.463 e. The lowest BCUT2D eigenvalue weighted by Gasteiger charge is -2.43. The zero-order valence-electron chi connectivity index (χ0n) is 19.4. The van der Waals surface area contributed by atoms with Gasteiger partial charge in [0.1, 0.15) is 18.5 Å². The van der Waals surface area contributed by atoms with Gasteiger partial charge in [-0.05, 0) is 24.1 Å². The average Bonchev–Trinajstić information content (AvgIpc) is 2.71. The van der Waals surface area contributed by atoms with Crippen LogP contribution in [-0.2, 0) is 49.3 Å². The molecule has 2 rings (SSSR count). The molecule has 5 atom stereocenters. The first kappa shape index (κ1) is 26.1. The van der Waals surface area contributed by atoms with Crippen molar-refractivity contribution in [3.8, 4) is 5.75 Å². The fraction of sp³-hybridized carbons (Fsp3) is 0.565. The Morgan fingerprint density at radius 2 is 1.33 bits per heavy atom. The van der Waals surface area contributed by atoms with E-state index in [1.54, 1.807) is 12.1 Å². The number of benzene rings is 1. The van der Waals surface area contributed by atoms with Crippen LogP contribution in [0.3, 0.4) is 0 Å². The zero-order valence-corrected chi connectivity index (χ0v) is 19.4. The van der Waals surface area contributed by atoms with E-state index in [1.807, 2.05) is 12.1 Å². The molecule has 0 aliphatic carbocycles. The third-order valence-corrected chi connectivity index (χ3v) is 4.66. The maximum atomic E-state index is 11.8. The number of carbonyl (C=O) groups is 4. The number of hydrogen-bond acceptors (Lipinski definition) is 10. The molecule has 0 saturated carbocycles. The normalized spacial score (nSPS) is 24.3. The Morgan fingerprint density at radius 3 is 1.85 bits per heavy atom. The summed E-state index contributed by atoms with van der Waals surface area (Å²) in [5, 5.41) is 0. The highest BCUT2D eigenvalue weighted by Gasteiger charge is 2.53. The summed E-state index contributed by atoms with van der Waals surface area (Å²) in [6.07, 6.45) is -4.17. The molecule has 10 nitrogen and oxygen atoms in total. The van der Waals surface area contributed by atoms with E-state index in [4.69, 9.17) is 28.4 Å². The number of carbonyl (C=O) groups excluding carboxylic acids is 4. The number of ether oxygens (including phenoxy) is 6. The Labute approximate surface area is 192 Å². The molecule has 0 aromatic heterocycles. The molecule has 182 valence electrons. The molecule has 0 N–H and O–H groups in total. The van der Waals surface area contributed by atoms with E-state index in [-0.39, 0.29) is 6.61 Å². The van der Waals surface area contributed by atoms with Gasteiger partial charge >= 0.3 is 23.9 Å². The zero-order chi connectivity index (χ0) is 24.5. The fourth-order valence-corrected chi connectivity index (χ4v) is 3.44. The van der Waals surface area contributed by atoms with Crippen LogP contribution in [0.5, 0.6) is 5.75 Å². The Bertz CT molecular complexity index is 834. The first-order valence-electron chi connectivity index (χ1n) is 10.7. The molecule has 1 aliphatic rings. The van der Waals surface area contributed by atoms with Crippen molar-refractivity contribution in [1.29, 1.82) is 0 Å². The van der Waals surface area contributed by atoms with E-state index in [1.165, 1.54) is 13.8 Å². The maximum Gasteiger partial charge on any atom is 0.303 e. The minimum absolute atomic E-state index is 0.312. The van der Waals surface area contributed by atoms with Gasteiger partial charge in [-0.1, -0.05) is 25.5 Å². The van der Waals surface area contributed by atoms with Crippen molar-refractivity contribution in [2.24, 2.45) is 0 Å². The Balaban J connectivity index is 2.40. The van der Waals surface area contributed by atoms with Crippen LogP contribution in [-0.4, -0.2) is 61.2 Å². The van der Waals surface area contributed by atoms with E-state index < -0.39 is 54.6 Å². The molecule has 0 radical (unpaired) electrons. The van der Waals surface area contributed by atoms with Crippen molar-refractivity contribution in [1.82, 2.24) is 0 Å². The van der Waals surface area contributed by atoms with E-state index >= 15 is 0 Å². The number of aryl methyl sites for hydroxylation is 1. The third kappa shape index (κ3) is 8.05. The molecule has 1 aliphatic heterocycles. The van der Waals surface area contributed by atoms with Crippen LogP contribution in [0.1, 0.15) is 46.6 Å². The van der Waals surface area contributed by atoms with Crippen molar-refractivity contribution in [2.75, 3.05) is 6.61 Å². The standard InChI is InChI=1S/C23H30O10/c1-6-7-17-8-10-18(11-9-17)32-23-22(31-16(5)27)21(30-15(4)26)20(29-14(3)25)19(33-23)12-28-13(2)24/h8-11,19-23H,6-7,12H2,1-5H3/t19-,20-,21+,22-,23+/m0/s1. The van der Waals surface area contributed by atoms with Crippen LogP contribution >= 0.6 is 0 Å². The van der Waals surface area contributed by atoms with Crippen LogP contribution < -0.4 is 4.74 Å². The summed E-state index contributed by atoms with van der Waals surface area (Å²) in [5.41, 5.74) is 1.12. The van der Waals surface area contributed by atoms with Crippen LogP contribution in [0.25, 0.3) is 0 Å². The van der Waals surface area contributed by atoms with E-state index in [2.05, 4.69) is 6.92 Å². The first-order chi connectivity index (χ1) is 15.6. The maximum absolute atomic E-state index is 11.8. The van der Waals surface area contributed by atoms with E-state index in [0.717, 1.165) is 32.3 Å². The lowest BCUT2D eigenvalue weighted by atomic mass is 9.98. The monoisotopic (exact) mass is 466 g/mol. The highest BCUT2D eigenvalue weighted by molar-refractivity contribution is 5.68. The van der Waals surface area contributed by atoms with Gasteiger partial charge in [0.15, 0.2) is 12.2 Å². The SMILES string of the molecule is CCCc1ccc(O[C@@H]2O[C@@H](COC(C)=O)[C@H](OC(C)=O)[C@@H](OC(C)=O)[C@@H]2OC(C)=O)cc1. The van der Waals surface area contributed by atoms with Crippen molar-refractivity contribution >= 4 is 23.9 Å². The predicted octanol–water partition coefficient (Wildman–Crippen LogP) is 2.10. The lowest BCUT2D eigenvalue weighted by molar-refractivity contribution is -0.288. The highest BCUT2D eigenvalue weighted by Crippen LogP contribution is 2.31. The fourth-order valence-electron chi connectivity index (χ4n) is 3.44. The van der Waals surface area contributed by atoms with E-state index in [0.29, 0.717) is 5.75 Å². The van der Waals surface area contributed by atoms with Crippen LogP contribution in [0.2, 0.25) is 0 Å². The minimum Gasteiger partial charge on any atom is -0.463 e. The molecule has 0 spiro atoms. The first-order valence-corrected chi connectivity index (χ1v) is 10.7. The van der Waals surface area contributed by atoms with Gasteiger partial charge in [-0.15, -0.1) is 0 Å². The molecule has 10 heteroatoms. The molecule has 1 fully saturated rings. The summed E-state index contributed by atoms with van der Waals surface area (Å²) < 4.78 is 33.0. The number of hydrogen-bond donors (Lipinski definition) is 0. The highest BCUT2D eigenvalue weighted by atomic mass is 16.7. The summed E-state index contributed by atoms with van der Waals surface area (Å²) >= 11 is 0. The molecule has 1 aromatic carbocycles. The van der Waals surface area contributed by atoms with Crippen molar-refractivity contribution < 1.29 is 47.6 Å². The number of esters is 4. The van der Waals surface area contributed by atoms with Crippen molar-refractivity contribution in [3.05, 3.63) is 29.8 Å². The second kappa shape index (κ2) is 12.2. The molecule has 1 heterocycles. The molecular formula is C23H30O10. The average molecular weight is 466 g/mol. The molecule has 1 aromatic rings. The van der Waals surface area contributed by atoms with Gasteiger partial charge in [0.05, 0.1) is 0 Å². The second-order valence-electron chi connectivity index (χ2n) is 7.58. The molecule has 33 heavy (non-hydrogen) atoms. The van der Waals surface area contributed by atoms with Gasteiger partial charge in [0.25, 0.3) is 0 Å². The molecular weight excluding hydrogens is 436 g/mol. The van der Waals surface area contributed by atoms with E-state index in [9.17, 15) is 19.2 Å². The Kier molecular flexibility index (Phi) is 9.65. The van der Waals surface area contributed by atoms with Gasteiger partial charge in [-0.25, -0.2) is 0 Å². The topological polar surface area (TPSA) is 124 Å². The minimum atomic E-state index is -1.27. The van der Waals surface area contributed by atoms with Crippen LogP contribution in [0, 0.1) is 0 Å². The summed E-state index contributed by atoms with van der Waals surface area (Å²) in [7, 11) is 0. The molecule has 0 bridgehead atoms. The van der Waals surface area contributed by atoms with Crippen molar-refractivity contribution in [3.63, 3.8) is 0 Å². The van der Waals surface area contributed by atoms with Crippen molar-refractivity contribution in [2.45, 2.75) is 78.2 Å². The van der Waals surface area contributed by atoms with Crippen LogP contribution in [0.4, 0.5) is 0 Å². The molecule has 0 amide bonds. The summed E-state index contributed by atoms with van der Waals surface area (Å²) in [6, 6.07) is 7.26. The Hall–Kier alpha value is -3.14. The van der Waals surface area contributed by atoms with Gasteiger partial charge < -0.3 is 28.4 Å². The van der Waals surface area contributed by atoms with Gasteiger partial charge in [-0.3, -0.25) is 19.2 Å². The lowest BCUT2D eigenvalue weighted by Crippen LogP contribution is -2.63. The smallest absolute Gasteiger partial charge is 0.303 e. The third-order valence-electron chi connectivity index (χ3n) is 4.66. The molecule has 0 unspecified atom stereocenters. The molecule has 1 saturated heterocycles. The number of rotatable bonds is 9. The predicted molar refractivity (Wildman–Crippen MR) is 113 cm³/mol. The summed E-state index contributed by atoms with van der Waals surface area (Å²) in [6.45, 7) is 6.46.